The van der Waals surface area contributed by atoms with Crippen LogP contribution in [-0.2, 0) is 10.0 Å². The molecule has 0 heterocycles. The summed E-state index contributed by atoms with van der Waals surface area (Å²) in [5, 5.41) is 0. The van der Waals surface area contributed by atoms with Gasteiger partial charge in [-0.05, 0) is 47.0 Å². The molecule has 18 heavy (non-hydrogen) atoms. The largest absolute Gasteiger partial charge is 0.398 e. The van der Waals surface area contributed by atoms with Crippen molar-refractivity contribution in [2.24, 2.45) is 0 Å². The summed E-state index contributed by atoms with van der Waals surface area (Å²) in [7, 11) is -3.53. The predicted octanol–water partition coefficient (Wildman–Crippen LogP) is 2.03. The van der Waals surface area contributed by atoms with Crippen molar-refractivity contribution in [2.75, 3.05) is 12.3 Å². The third-order valence-corrected chi connectivity index (χ3v) is 4.66. The second kappa shape index (κ2) is 6.23. The first kappa shape index (κ1) is 15.0. The smallest absolute Gasteiger partial charge is 0.240 e. The molecule has 0 aliphatic heterocycles. The molecule has 1 aromatic rings. The van der Waals surface area contributed by atoms with Gasteiger partial charge in [-0.2, -0.15) is 0 Å². The number of halogens is 1. The van der Waals surface area contributed by atoms with Gasteiger partial charge in [0.2, 0.25) is 10.0 Å². The van der Waals surface area contributed by atoms with E-state index in [0.717, 1.165) is 0 Å². The van der Waals surface area contributed by atoms with Crippen LogP contribution >= 0.6 is 15.9 Å². The van der Waals surface area contributed by atoms with Gasteiger partial charge in [-0.1, -0.05) is 0 Å². The Balaban J connectivity index is 2.92. The number of nitrogens with one attached hydrogen (secondary N) is 1. The quantitative estimate of drug-likeness (QED) is 0.493. The molecule has 0 radical (unpaired) electrons. The van der Waals surface area contributed by atoms with Gasteiger partial charge in [-0.15, -0.1) is 12.3 Å². The lowest BCUT2D eigenvalue weighted by atomic mass is 10.2. The number of rotatable bonds is 5. The van der Waals surface area contributed by atoms with Crippen LogP contribution in [0.5, 0.6) is 0 Å². The van der Waals surface area contributed by atoms with E-state index in [9.17, 15) is 8.42 Å². The summed E-state index contributed by atoms with van der Waals surface area (Å²) < 4.78 is 27.3. The molecule has 0 amide bonds. The van der Waals surface area contributed by atoms with Gasteiger partial charge in [0.25, 0.3) is 0 Å². The first-order valence-corrected chi connectivity index (χ1v) is 7.65. The number of unbranched alkanes of at least 4 members (excludes halogenated alkanes) is 1. The molecule has 0 saturated heterocycles. The first-order chi connectivity index (χ1) is 8.38. The molecule has 0 unspecified atom stereocenters. The van der Waals surface area contributed by atoms with E-state index in [1.807, 2.05) is 0 Å². The summed E-state index contributed by atoms with van der Waals surface area (Å²) in [5.74, 6) is 2.46. The maximum atomic E-state index is 12.0. The Bertz CT molecular complexity index is 576. The van der Waals surface area contributed by atoms with Crippen molar-refractivity contribution in [3.05, 3.63) is 22.2 Å². The Labute approximate surface area is 116 Å². The molecule has 0 saturated carbocycles. The summed E-state index contributed by atoms with van der Waals surface area (Å²) in [6, 6.07) is 3.13. The summed E-state index contributed by atoms with van der Waals surface area (Å²) >= 11 is 3.26. The predicted molar refractivity (Wildman–Crippen MR) is 76.5 cm³/mol. The van der Waals surface area contributed by atoms with E-state index in [-0.39, 0.29) is 4.90 Å². The zero-order valence-electron chi connectivity index (χ0n) is 10.0. The number of benzene rings is 1. The molecule has 1 rings (SSSR count). The number of aryl methyl sites for hydroxylation is 1. The van der Waals surface area contributed by atoms with Gasteiger partial charge < -0.3 is 5.73 Å². The van der Waals surface area contributed by atoms with Gasteiger partial charge in [0, 0.05) is 23.1 Å². The molecule has 0 aromatic heterocycles. The SMILES string of the molecule is C#CCCCNS(=O)(=O)c1cc(N)c(Br)cc1C. The highest BCUT2D eigenvalue weighted by Crippen LogP contribution is 2.26. The number of hydrogen-bond acceptors (Lipinski definition) is 3. The standard InChI is InChI=1S/C12H15BrN2O2S/c1-3-4-5-6-15-18(16,17)12-8-11(14)10(13)7-9(12)2/h1,7-8,15H,4-6,14H2,2H3. The summed E-state index contributed by atoms with van der Waals surface area (Å²) in [6.45, 7) is 2.04. The van der Waals surface area contributed by atoms with E-state index in [4.69, 9.17) is 12.2 Å². The van der Waals surface area contributed by atoms with E-state index >= 15 is 0 Å². The van der Waals surface area contributed by atoms with E-state index in [1.54, 1.807) is 13.0 Å². The molecule has 0 aliphatic carbocycles. The molecule has 3 N–H and O–H groups in total. The fraction of sp³-hybridized carbons (Fsp3) is 0.333. The Morgan fingerprint density at radius 2 is 2.17 bits per heavy atom. The number of sulfonamides is 1. The summed E-state index contributed by atoms with van der Waals surface area (Å²) in [4.78, 5) is 0.198. The van der Waals surface area contributed by atoms with Crippen LogP contribution in [0.25, 0.3) is 0 Å². The maximum absolute atomic E-state index is 12.0. The lowest BCUT2D eigenvalue weighted by Gasteiger charge is -2.10. The van der Waals surface area contributed by atoms with Gasteiger partial charge in [-0.3, -0.25) is 0 Å². The molecule has 6 heteroatoms. The Hall–Kier alpha value is -1.03. The van der Waals surface area contributed by atoms with Gasteiger partial charge in [0.1, 0.15) is 0 Å². The lowest BCUT2D eigenvalue weighted by molar-refractivity contribution is 0.579. The topological polar surface area (TPSA) is 72.2 Å². The fourth-order valence-electron chi connectivity index (χ4n) is 1.43. The van der Waals surface area contributed by atoms with Crippen molar-refractivity contribution >= 4 is 31.6 Å². The average molecular weight is 331 g/mol. The van der Waals surface area contributed by atoms with Crippen molar-refractivity contribution in [3.63, 3.8) is 0 Å². The van der Waals surface area contributed by atoms with Crippen LogP contribution in [0, 0.1) is 19.3 Å². The Morgan fingerprint density at radius 3 is 2.78 bits per heavy atom. The Morgan fingerprint density at radius 1 is 1.50 bits per heavy atom. The average Bonchev–Trinajstić information content (AvgIpc) is 2.29. The number of terminal acetylenes is 1. The monoisotopic (exact) mass is 330 g/mol. The summed E-state index contributed by atoms with van der Waals surface area (Å²) in [6.07, 6.45) is 6.26. The van der Waals surface area contributed by atoms with E-state index < -0.39 is 10.0 Å². The zero-order chi connectivity index (χ0) is 13.8. The van der Waals surface area contributed by atoms with Crippen molar-refractivity contribution in [1.29, 1.82) is 0 Å². The van der Waals surface area contributed by atoms with Crippen molar-refractivity contribution < 1.29 is 8.42 Å². The molecule has 0 aliphatic rings. The minimum absolute atomic E-state index is 0.198. The molecular formula is C12H15BrN2O2S. The highest BCUT2D eigenvalue weighted by atomic mass is 79.9. The molecule has 0 bridgehead atoms. The second-order valence-electron chi connectivity index (χ2n) is 3.84. The second-order valence-corrected chi connectivity index (χ2v) is 6.43. The van der Waals surface area contributed by atoms with Gasteiger partial charge in [0.15, 0.2) is 0 Å². The van der Waals surface area contributed by atoms with E-state index in [2.05, 4.69) is 26.6 Å². The number of nitrogen functional groups attached to an aromatic ring is 1. The van der Waals surface area contributed by atoms with Crippen LogP contribution in [0.4, 0.5) is 5.69 Å². The van der Waals surface area contributed by atoms with Crippen LogP contribution in [0.15, 0.2) is 21.5 Å². The highest BCUT2D eigenvalue weighted by molar-refractivity contribution is 9.10. The zero-order valence-corrected chi connectivity index (χ0v) is 12.4. The first-order valence-electron chi connectivity index (χ1n) is 5.37. The van der Waals surface area contributed by atoms with Crippen LogP contribution in [-0.4, -0.2) is 15.0 Å². The molecule has 0 spiro atoms. The van der Waals surface area contributed by atoms with Crippen LogP contribution in [0.2, 0.25) is 0 Å². The van der Waals surface area contributed by atoms with Gasteiger partial charge >= 0.3 is 0 Å². The van der Waals surface area contributed by atoms with Crippen LogP contribution < -0.4 is 10.5 Å². The Kier molecular flexibility index (Phi) is 5.20. The fourth-order valence-corrected chi connectivity index (χ4v) is 3.22. The molecule has 1 aromatic carbocycles. The van der Waals surface area contributed by atoms with Gasteiger partial charge in [-0.25, -0.2) is 13.1 Å². The number of hydrogen-bond donors (Lipinski definition) is 2. The van der Waals surface area contributed by atoms with Crippen molar-refractivity contribution in [3.8, 4) is 12.3 Å². The van der Waals surface area contributed by atoms with E-state index in [0.29, 0.717) is 35.1 Å². The van der Waals surface area contributed by atoms with Crippen molar-refractivity contribution in [1.82, 2.24) is 4.72 Å². The van der Waals surface area contributed by atoms with Crippen LogP contribution in [0.1, 0.15) is 18.4 Å². The number of nitrogens with two attached hydrogens (primary N) is 1. The minimum Gasteiger partial charge on any atom is -0.398 e. The lowest BCUT2D eigenvalue weighted by Crippen LogP contribution is -2.25. The maximum Gasteiger partial charge on any atom is 0.240 e. The molecule has 0 atom stereocenters. The molecule has 4 nitrogen and oxygen atoms in total. The van der Waals surface area contributed by atoms with E-state index in [1.165, 1.54) is 6.07 Å². The third kappa shape index (κ3) is 3.73. The normalized spacial score (nSPS) is 11.2. The molecule has 0 fully saturated rings. The molecular weight excluding hydrogens is 316 g/mol. The van der Waals surface area contributed by atoms with Crippen molar-refractivity contribution in [2.45, 2.75) is 24.7 Å². The number of anilines is 1. The highest BCUT2D eigenvalue weighted by Gasteiger charge is 2.17. The minimum atomic E-state index is -3.53. The summed E-state index contributed by atoms with van der Waals surface area (Å²) in [5.41, 5.74) is 6.73. The molecule has 98 valence electrons. The van der Waals surface area contributed by atoms with Gasteiger partial charge in [0.05, 0.1) is 4.90 Å². The van der Waals surface area contributed by atoms with Crippen LogP contribution in [0.3, 0.4) is 0 Å². The third-order valence-electron chi connectivity index (χ3n) is 2.37.